The van der Waals surface area contributed by atoms with Crippen LogP contribution in [0.15, 0.2) is 24.3 Å². The first-order valence-electron chi connectivity index (χ1n) is 8.69. The van der Waals surface area contributed by atoms with Crippen LogP contribution in [0.25, 0.3) is 0 Å². The molecule has 7 nitrogen and oxygen atoms in total. The molecule has 26 heavy (non-hydrogen) atoms. The first-order valence-corrected chi connectivity index (χ1v) is 9.07. The normalized spacial score (nSPS) is 17.4. The number of aromatic amines is 1. The average molecular weight is 376 g/mol. The number of hydrogen-bond acceptors (Lipinski definition) is 4. The van der Waals surface area contributed by atoms with Crippen molar-refractivity contribution in [3.63, 3.8) is 0 Å². The predicted octanol–water partition coefficient (Wildman–Crippen LogP) is 1.86. The molecular formula is C18H22ClN5O2. The number of benzene rings is 1. The molecular weight excluding hydrogens is 354 g/mol. The van der Waals surface area contributed by atoms with E-state index in [1.165, 1.54) is 0 Å². The molecule has 1 unspecified atom stereocenters. The summed E-state index contributed by atoms with van der Waals surface area (Å²) in [6.45, 7) is 3.15. The third-order valence-electron chi connectivity index (χ3n) is 4.52. The molecule has 0 aliphatic carbocycles. The van der Waals surface area contributed by atoms with Gasteiger partial charge in [-0.25, -0.2) is 4.98 Å². The van der Waals surface area contributed by atoms with E-state index in [4.69, 9.17) is 11.6 Å². The minimum absolute atomic E-state index is 0.0588. The van der Waals surface area contributed by atoms with E-state index in [1.54, 1.807) is 4.90 Å². The zero-order valence-corrected chi connectivity index (χ0v) is 15.4. The van der Waals surface area contributed by atoms with Crippen molar-refractivity contribution in [3.05, 3.63) is 46.5 Å². The number of amides is 2. The highest BCUT2D eigenvalue weighted by atomic mass is 35.5. The van der Waals surface area contributed by atoms with Gasteiger partial charge in [0.2, 0.25) is 11.8 Å². The molecule has 0 bridgehead atoms. The molecule has 1 saturated heterocycles. The van der Waals surface area contributed by atoms with E-state index in [2.05, 4.69) is 20.5 Å². The number of piperidine rings is 1. The fourth-order valence-corrected chi connectivity index (χ4v) is 3.16. The fourth-order valence-electron chi connectivity index (χ4n) is 3.04. The van der Waals surface area contributed by atoms with Crippen molar-refractivity contribution in [3.8, 4) is 0 Å². The SMILES string of the molecule is Cc1nc(CNC(=O)C2CCC(=O)N(CCc3ccc(Cl)cc3)C2)n[nH]1. The van der Waals surface area contributed by atoms with Gasteiger partial charge in [0.25, 0.3) is 0 Å². The molecule has 1 aliphatic rings. The molecule has 2 amide bonds. The monoisotopic (exact) mass is 375 g/mol. The van der Waals surface area contributed by atoms with E-state index in [0.29, 0.717) is 49.1 Å². The maximum atomic E-state index is 12.4. The Labute approximate surface area is 157 Å². The van der Waals surface area contributed by atoms with E-state index in [-0.39, 0.29) is 17.7 Å². The lowest BCUT2D eigenvalue weighted by Gasteiger charge is -2.32. The second-order valence-corrected chi connectivity index (χ2v) is 6.94. The molecule has 3 rings (SSSR count). The minimum Gasteiger partial charge on any atom is -0.348 e. The van der Waals surface area contributed by atoms with Gasteiger partial charge in [-0.05, 0) is 37.5 Å². The zero-order valence-electron chi connectivity index (χ0n) is 14.7. The lowest BCUT2D eigenvalue weighted by atomic mass is 9.96. The van der Waals surface area contributed by atoms with Crippen molar-refractivity contribution >= 4 is 23.4 Å². The van der Waals surface area contributed by atoms with E-state index >= 15 is 0 Å². The van der Waals surface area contributed by atoms with Gasteiger partial charge in [-0.15, -0.1) is 0 Å². The quantitative estimate of drug-likeness (QED) is 0.806. The van der Waals surface area contributed by atoms with Crippen LogP contribution in [0.1, 0.15) is 30.1 Å². The van der Waals surface area contributed by atoms with Crippen LogP contribution in [-0.2, 0) is 22.6 Å². The third-order valence-corrected chi connectivity index (χ3v) is 4.77. The van der Waals surface area contributed by atoms with Gasteiger partial charge in [0.05, 0.1) is 12.5 Å². The molecule has 1 atom stereocenters. The summed E-state index contributed by atoms with van der Waals surface area (Å²) in [5.41, 5.74) is 1.12. The van der Waals surface area contributed by atoms with Crippen molar-refractivity contribution in [2.75, 3.05) is 13.1 Å². The predicted molar refractivity (Wildman–Crippen MR) is 97.4 cm³/mol. The lowest BCUT2D eigenvalue weighted by molar-refractivity contribution is -0.138. The molecule has 0 radical (unpaired) electrons. The Morgan fingerprint density at radius 2 is 2.15 bits per heavy atom. The van der Waals surface area contributed by atoms with Crippen molar-refractivity contribution in [1.29, 1.82) is 0 Å². The van der Waals surface area contributed by atoms with E-state index in [0.717, 1.165) is 12.0 Å². The van der Waals surface area contributed by atoms with Gasteiger partial charge < -0.3 is 10.2 Å². The largest absolute Gasteiger partial charge is 0.348 e. The number of nitrogens with zero attached hydrogens (tertiary/aromatic N) is 3. The van der Waals surface area contributed by atoms with Crippen LogP contribution in [0.5, 0.6) is 0 Å². The summed E-state index contributed by atoms with van der Waals surface area (Å²) in [5, 5.41) is 10.3. The molecule has 1 aliphatic heterocycles. The van der Waals surface area contributed by atoms with Crippen LogP contribution in [0.4, 0.5) is 0 Å². The Morgan fingerprint density at radius 3 is 2.85 bits per heavy atom. The van der Waals surface area contributed by atoms with Crippen LogP contribution in [0.2, 0.25) is 5.02 Å². The Hall–Kier alpha value is -2.41. The van der Waals surface area contributed by atoms with Crippen molar-refractivity contribution < 1.29 is 9.59 Å². The molecule has 1 aromatic carbocycles. The Morgan fingerprint density at radius 1 is 1.38 bits per heavy atom. The van der Waals surface area contributed by atoms with Crippen LogP contribution in [-0.4, -0.2) is 45.0 Å². The molecule has 0 spiro atoms. The Kier molecular flexibility index (Phi) is 5.88. The summed E-state index contributed by atoms with van der Waals surface area (Å²) in [4.78, 5) is 30.5. The van der Waals surface area contributed by atoms with Gasteiger partial charge >= 0.3 is 0 Å². The maximum absolute atomic E-state index is 12.4. The smallest absolute Gasteiger partial charge is 0.225 e. The van der Waals surface area contributed by atoms with Gasteiger partial charge in [0.1, 0.15) is 5.82 Å². The number of aromatic nitrogens is 3. The minimum atomic E-state index is -0.196. The van der Waals surface area contributed by atoms with Gasteiger partial charge in [-0.2, -0.15) is 5.10 Å². The second kappa shape index (κ2) is 8.31. The maximum Gasteiger partial charge on any atom is 0.225 e. The highest BCUT2D eigenvalue weighted by Gasteiger charge is 2.29. The number of hydrogen-bond donors (Lipinski definition) is 2. The summed E-state index contributed by atoms with van der Waals surface area (Å²) < 4.78 is 0. The van der Waals surface area contributed by atoms with Gasteiger partial charge in [0, 0.05) is 24.5 Å². The summed E-state index contributed by atoms with van der Waals surface area (Å²) in [6, 6.07) is 7.60. The summed E-state index contributed by atoms with van der Waals surface area (Å²) in [5.74, 6) is 1.12. The number of rotatable bonds is 6. The van der Waals surface area contributed by atoms with E-state index < -0.39 is 0 Å². The fraction of sp³-hybridized carbons (Fsp3) is 0.444. The topological polar surface area (TPSA) is 91.0 Å². The number of carbonyl (C=O) groups is 2. The number of aryl methyl sites for hydroxylation is 1. The Balaban J connectivity index is 1.50. The van der Waals surface area contributed by atoms with Crippen molar-refractivity contribution in [1.82, 2.24) is 25.4 Å². The molecule has 2 heterocycles. The highest BCUT2D eigenvalue weighted by molar-refractivity contribution is 6.30. The zero-order chi connectivity index (χ0) is 18.5. The Bertz CT molecular complexity index is 774. The van der Waals surface area contributed by atoms with Gasteiger partial charge in [0.15, 0.2) is 5.82 Å². The number of H-pyrrole nitrogens is 1. The van der Waals surface area contributed by atoms with Crippen LogP contribution in [0, 0.1) is 12.8 Å². The summed E-state index contributed by atoms with van der Waals surface area (Å²) >= 11 is 5.89. The van der Waals surface area contributed by atoms with E-state index in [9.17, 15) is 9.59 Å². The lowest BCUT2D eigenvalue weighted by Crippen LogP contribution is -2.46. The van der Waals surface area contributed by atoms with E-state index in [1.807, 2.05) is 31.2 Å². The molecule has 0 saturated carbocycles. The molecule has 2 N–H and O–H groups in total. The first kappa shape index (κ1) is 18.4. The number of nitrogens with one attached hydrogen (secondary N) is 2. The molecule has 1 fully saturated rings. The third kappa shape index (κ3) is 4.82. The summed E-state index contributed by atoms with van der Waals surface area (Å²) in [6.07, 6.45) is 1.72. The van der Waals surface area contributed by atoms with Crippen molar-refractivity contribution in [2.24, 2.45) is 5.92 Å². The van der Waals surface area contributed by atoms with Crippen LogP contribution in [0.3, 0.4) is 0 Å². The first-order chi connectivity index (χ1) is 12.5. The number of halogens is 1. The highest BCUT2D eigenvalue weighted by Crippen LogP contribution is 2.19. The second-order valence-electron chi connectivity index (χ2n) is 6.51. The molecule has 8 heteroatoms. The van der Waals surface area contributed by atoms with Crippen molar-refractivity contribution in [2.45, 2.75) is 32.7 Å². The number of likely N-dealkylation sites (tertiary alicyclic amines) is 1. The molecule has 1 aromatic heterocycles. The van der Waals surface area contributed by atoms with Crippen LogP contribution < -0.4 is 5.32 Å². The van der Waals surface area contributed by atoms with Crippen LogP contribution >= 0.6 is 11.6 Å². The molecule has 2 aromatic rings. The average Bonchev–Trinajstić information content (AvgIpc) is 3.05. The molecule has 138 valence electrons. The standard InChI is InChI=1S/C18H22ClN5O2/c1-12-21-16(23-22-12)10-20-18(26)14-4-7-17(25)24(11-14)9-8-13-2-5-15(19)6-3-13/h2-3,5-6,14H,4,7-11H2,1H3,(H,20,26)(H,21,22,23). The van der Waals surface area contributed by atoms with Gasteiger partial charge in [-0.1, -0.05) is 23.7 Å². The number of carbonyl (C=O) groups excluding carboxylic acids is 2. The van der Waals surface area contributed by atoms with Gasteiger partial charge in [-0.3, -0.25) is 14.7 Å². The summed E-state index contributed by atoms with van der Waals surface area (Å²) in [7, 11) is 0.